The summed E-state index contributed by atoms with van der Waals surface area (Å²) in [6, 6.07) is 65.0. The van der Waals surface area contributed by atoms with Crippen LogP contribution in [0.25, 0.3) is 22.3 Å². The van der Waals surface area contributed by atoms with Crippen LogP contribution in [0, 0.1) is 13.8 Å². The minimum atomic E-state index is -0.108. The first kappa shape index (κ1) is 37.3. The fraction of sp³-hybridized carbons (Fsp3) is 0.140. The van der Waals surface area contributed by atoms with Gasteiger partial charge in [0.25, 0.3) is 0 Å². The molecule has 0 spiro atoms. The average molecular weight is 777 g/mol. The van der Waals surface area contributed by atoms with Crippen LogP contribution in [0.1, 0.15) is 77.0 Å². The van der Waals surface area contributed by atoms with E-state index in [-0.39, 0.29) is 16.6 Å². The molecule has 3 heteroatoms. The minimum Gasteiger partial charge on any atom is -0.310 e. The fourth-order valence-corrected chi connectivity index (χ4v) is 9.74. The predicted molar refractivity (Wildman–Crippen MR) is 250 cm³/mol. The quantitative estimate of drug-likeness (QED) is 0.157. The van der Waals surface area contributed by atoms with E-state index in [1.54, 1.807) is 0 Å². The number of hydrogen-bond donors (Lipinski definition) is 0. The summed E-state index contributed by atoms with van der Waals surface area (Å²) in [4.78, 5) is 19.3. The molecule has 0 aromatic heterocycles. The van der Waals surface area contributed by atoms with Crippen molar-refractivity contribution < 1.29 is 4.79 Å². The lowest BCUT2D eigenvalue weighted by Crippen LogP contribution is -2.30. The number of ketones is 1. The number of hydrogen-bond acceptors (Lipinski definition) is 3. The monoisotopic (exact) mass is 776 g/mol. The van der Waals surface area contributed by atoms with Crippen LogP contribution in [0.3, 0.4) is 0 Å². The van der Waals surface area contributed by atoms with Gasteiger partial charge in [-0.1, -0.05) is 149 Å². The van der Waals surface area contributed by atoms with Gasteiger partial charge < -0.3 is 9.80 Å². The van der Waals surface area contributed by atoms with E-state index in [9.17, 15) is 4.79 Å². The summed E-state index contributed by atoms with van der Waals surface area (Å²) < 4.78 is 0. The molecule has 0 saturated carbocycles. The molecule has 0 N–H and O–H groups in total. The van der Waals surface area contributed by atoms with Gasteiger partial charge in [0.2, 0.25) is 0 Å². The number of fused-ring (bicyclic) bond motifs is 4. The lowest BCUT2D eigenvalue weighted by atomic mass is 9.73. The van der Waals surface area contributed by atoms with Crippen LogP contribution in [0.4, 0.5) is 34.1 Å². The SMILES string of the molecule is Cc1ccc(-c2ccc(N3c4ccccc4C(C)(C)c4ccccc43)cc2)cc1C(=O)c1cc(-c2ccc(N3c4ccccc4C(C)(C)c4ccccc43)cc2)ccc1C. The highest BCUT2D eigenvalue weighted by atomic mass is 16.1. The molecule has 0 saturated heterocycles. The van der Waals surface area contributed by atoms with Crippen molar-refractivity contribution in [3.8, 4) is 22.3 Å². The molecule has 0 aliphatic carbocycles. The van der Waals surface area contributed by atoms with Gasteiger partial charge in [-0.05, 0) is 130 Å². The first-order chi connectivity index (χ1) is 29.0. The smallest absolute Gasteiger partial charge is 0.193 e. The van der Waals surface area contributed by atoms with Gasteiger partial charge in [-0.15, -0.1) is 0 Å². The van der Waals surface area contributed by atoms with E-state index in [1.165, 1.54) is 45.0 Å². The van der Waals surface area contributed by atoms with E-state index in [4.69, 9.17) is 0 Å². The van der Waals surface area contributed by atoms with Gasteiger partial charge in [-0.3, -0.25) is 4.79 Å². The molecule has 2 aliphatic rings. The third-order valence-corrected chi connectivity index (χ3v) is 13.2. The Bertz CT molecular complexity index is 2670. The average Bonchev–Trinajstić information content (AvgIpc) is 3.27. The maximum absolute atomic E-state index is 14.5. The van der Waals surface area contributed by atoms with E-state index in [1.807, 2.05) is 13.8 Å². The molecule has 0 atom stereocenters. The van der Waals surface area contributed by atoms with Crippen LogP contribution in [-0.2, 0) is 10.8 Å². The normalized spacial score (nSPS) is 14.4. The van der Waals surface area contributed by atoms with Crippen LogP contribution >= 0.6 is 0 Å². The highest BCUT2D eigenvalue weighted by Crippen LogP contribution is 2.53. The summed E-state index contributed by atoms with van der Waals surface area (Å²) >= 11 is 0. The third kappa shape index (κ3) is 5.91. The number of para-hydroxylation sites is 4. The minimum absolute atomic E-state index is 0.0373. The largest absolute Gasteiger partial charge is 0.310 e. The Morgan fingerprint density at radius 1 is 0.367 bits per heavy atom. The Kier molecular flexibility index (Phi) is 8.77. The number of carbonyl (C=O) groups excluding carboxylic acids is 1. The number of nitrogens with zero attached hydrogens (tertiary/aromatic N) is 2. The number of carbonyl (C=O) groups is 1. The maximum Gasteiger partial charge on any atom is 0.193 e. The van der Waals surface area contributed by atoms with Gasteiger partial charge in [0.05, 0.1) is 22.7 Å². The summed E-state index contributed by atoms with van der Waals surface area (Å²) in [5.74, 6) is 0.0373. The van der Waals surface area contributed by atoms with Crippen molar-refractivity contribution in [1.82, 2.24) is 0 Å². The molecule has 2 heterocycles. The molecule has 2 aliphatic heterocycles. The second-order valence-corrected chi connectivity index (χ2v) is 17.5. The van der Waals surface area contributed by atoms with Gasteiger partial charge in [0.15, 0.2) is 5.78 Å². The summed E-state index contributed by atoms with van der Waals surface area (Å²) in [7, 11) is 0. The van der Waals surface area contributed by atoms with Crippen LogP contribution in [-0.4, -0.2) is 5.78 Å². The van der Waals surface area contributed by atoms with E-state index < -0.39 is 0 Å². The molecular weight excluding hydrogens is 729 g/mol. The Labute approximate surface area is 354 Å². The van der Waals surface area contributed by atoms with Crippen LogP contribution in [0.2, 0.25) is 0 Å². The lowest BCUT2D eigenvalue weighted by molar-refractivity contribution is 0.103. The number of benzene rings is 8. The van der Waals surface area contributed by atoms with Gasteiger partial charge in [-0.2, -0.15) is 0 Å². The highest BCUT2D eigenvalue weighted by Gasteiger charge is 2.37. The Morgan fingerprint density at radius 2 is 0.650 bits per heavy atom. The van der Waals surface area contributed by atoms with E-state index in [2.05, 4.69) is 219 Å². The van der Waals surface area contributed by atoms with Crippen molar-refractivity contribution in [2.75, 3.05) is 9.80 Å². The topological polar surface area (TPSA) is 23.6 Å². The molecule has 3 nitrogen and oxygen atoms in total. The number of aryl methyl sites for hydroxylation is 2. The highest BCUT2D eigenvalue weighted by molar-refractivity contribution is 6.12. The summed E-state index contributed by atoms with van der Waals surface area (Å²) in [5, 5.41) is 0. The van der Waals surface area contributed by atoms with Crippen molar-refractivity contribution in [3.63, 3.8) is 0 Å². The molecule has 0 amide bonds. The number of anilines is 6. The number of rotatable bonds is 6. The van der Waals surface area contributed by atoms with E-state index in [0.29, 0.717) is 0 Å². The molecule has 0 fully saturated rings. The van der Waals surface area contributed by atoms with E-state index >= 15 is 0 Å². The Morgan fingerprint density at radius 3 is 0.967 bits per heavy atom. The van der Waals surface area contributed by atoms with Gasteiger partial charge in [0, 0.05) is 33.3 Å². The van der Waals surface area contributed by atoms with Crippen molar-refractivity contribution >= 4 is 39.9 Å². The van der Waals surface area contributed by atoms with Crippen LogP contribution in [0.5, 0.6) is 0 Å². The molecule has 0 bridgehead atoms. The predicted octanol–water partition coefficient (Wildman–Crippen LogP) is 15.1. The van der Waals surface area contributed by atoms with E-state index in [0.717, 1.165) is 55.9 Å². The fourth-order valence-electron chi connectivity index (χ4n) is 9.74. The Balaban J connectivity index is 0.946. The van der Waals surface area contributed by atoms with Crippen LogP contribution in [0.15, 0.2) is 182 Å². The van der Waals surface area contributed by atoms with Crippen molar-refractivity contribution in [1.29, 1.82) is 0 Å². The maximum atomic E-state index is 14.5. The Hall–Kier alpha value is -6.97. The van der Waals surface area contributed by atoms with Crippen molar-refractivity contribution in [3.05, 3.63) is 226 Å². The van der Waals surface area contributed by atoms with Gasteiger partial charge in [0.1, 0.15) is 0 Å². The zero-order valence-corrected chi connectivity index (χ0v) is 35.1. The third-order valence-electron chi connectivity index (χ3n) is 13.2. The van der Waals surface area contributed by atoms with Gasteiger partial charge >= 0.3 is 0 Å². The molecule has 60 heavy (non-hydrogen) atoms. The molecule has 0 radical (unpaired) electrons. The molecular formula is C57H48N2O. The second kappa shape index (κ2) is 14.1. The molecule has 0 unspecified atom stereocenters. The second-order valence-electron chi connectivity index (χ2n) is 17.5. The molecule has 8 aromatic carbocycles. The summed E-state index contributed by atoms with van der Waals surface area (Å²) in [6.07, 6.45) is 0. The van der Waals surface area contributed by atoms with Crippen molar-refractivity contribution in [2.24, 2.45) is 0 Å². The standard InChI is InChI=1S/C57H48N2O/c1-37-23-25-41(39-27-31-43(32-28-39)58-51-19-11-7-15-47(51)56(3,4)48-16-8-12-20-52(48)58)35-45(37)55(60)46-36-42(26-24-38(46)2)40-29-33-44(34-30-40)59-53-21-13-9-17-49(53)57(5,6)50-18-10-14-22-54(50)59/h7-36H,1-6H3. The molecule has 10 rings (SSSR count). The summed E-state index contributed by atoms with van der Waals surface area (Å²) in [6.45, 7) is 13.3. The zero-order chi connectivity index (χ0) is 41.3. The summed E-state index contributed by atoms with van der Waals surface area (Å²) in [5.41, 5.74) is 19.6. The first-order valence-electron chi connectivity index (χ1n) is 21.0. The van der Waals surface area contributed by atoms with Crippen molar-refractivity contribution in [2.45, 2.75) is 52.4 Å². The molecule has 8 aromatic rings. The van der Waals surface area contributed by atoms with Gasteiger partial charge in [-0.25, -0.2) is 0 Å². The molecule has 292 valence electrons. The lowest BCUT2D eigenvalue weighted by Gasteiger charge is -2.42. The first-order valence-corrected chi connectivity index (χ1v) is 21.0. The van der Waals surface area contributed by atoms with Crippen LogP contribution < -0.4 is 9.80 Å². The zero-order valence-electron chi connectivity index (χ0n) is 35.1.